The third-order valence-corrected chi connectivity index (χ3v) is 5.69. The molecule has 0 aromatic heterocycles. The van der Waals surface area contributed by atoms with Crippen LogP contribution in [0.5, 0.6) is 0 Å². The molecule has 1 aliphatic heterocycles. The van der Waals surface area contributed by atoms with Crippen molar-refractivity contribution in [3.63, 3.8) is 0 Å². The number of hydrogen-bond donors (Lipinski definition) is 1. The molecule has 1 saturated heterocycles. The van der Waals surface area contributed by atoms with E-state index in [9.17, 15) is 17.6 Å². The van der Waals surface area contributed by atoms with Gasteiger partial charge in [0.1, 0.15) is 11.9 Å². The fraction of sp³-hybridized carbons (Fsp3) is 0.462. The number of halogens is 1. The molecule has 0 unspecified atom stereocenters. The molecule has 1 N–H and O–H groups in total. The lowest BCUT2D eigenvalue weighted by molar-refractivity contribution is -0.140. The van der Waals surface area contributed by atoms with E-state index in [0.29, 0.717) is 24.0 Å². The van der Waals surface area contributed by atoms with Gasteiger partial charge in [-0.05, 0) is 49.9 Å². The standard InChI is InChI=1S/C13H16FNO4S/c1-8-6-10(14)7-9(2)12(8)20(18,19)15-5-3-4-11(15)13(16)17/h6-7,11H,3-5H2,1-2H3,(H,16,17)/t11-/m0/s1. The van der Waals surface area contributed by atoms with Crippen molar-refractivity contribution in [1.29, 1.82) is 0 Å². The van der Waals surface area contributed by atoms with Gasteiger partial charge in [-0.15, -0.1) is 0 Å². The molecular weight excluding hydrogens is 285 g/mol. The summed E-state index contributed by atoms with van der Waals surface area (Å²) < 4.78 is 39.6. The number of sulfonamides is 1. The molecule has 7 heteroatoms. The van der Waals surface area contributed by atoms with Crippen LogP contribution in [0.3, 0.4) is 0 Å². The highest BCUT2D eigenvalue weighted by Crippen LogP contribution is 2.30. The second-order valence-corrected chi connectivity index (χ2v) is 6.81. The Labute approximate surface area is 117 Å². The van der Waals surface area contributed by atoms with Crippen LogP contribution in [0.1, 0.15) is 24.0 Å². The van der Waals surface area contributed by atoms with Gasteiger partial charge < -0.3 is 5.11 Å². The van der Waals surface area contributed by atoms with Gasteiger partial charge in [-0.1, -0.05) is 0 Å². The topological polar surface area (TPSA) is 74.7 Å². The van der Waals surface area contributed by atoms with Crippen molar-refractivity contribution in [2.24, 2.45) is 0 Å². The lowest BCUT2D eigenvalue weighted by atomic mass is 10.1. The van der Waals surface area contributed by atoms with Crippen LogP contribution in [-0.4, -0.2) is 36.4 Å². The number of hydrogen-bond acceptors (Lipinski definition) is 3. The van der Waals surface area contributed by atoms with Gasteiger partial charge >= 0.3 is 5.97 Å². The predicted octanol–water partition coefficient (Wildman–Crippen LogP) is 1.68. The van der Waals surface area contributed by atoms with Crippen LogP contribution < -0.4 is 0 Å². The van der Waals surface area contributed by atoms with Gasteiger partial charge in [-0.2, -0.15) is 4.31 Å². The number of carbonyl (C=O) groups is 1. The van der Waals surface area contributed by atoms with E-state index in [-0.39, 0.29) is 11.4 Å². The quantitative estimate of drug-likeness (QED) is 0.921. The fourth-order valence-electron chi connectivity index (χ4n) is 2.70. The molecule has 1 aromatic carbocycles. The number of aryl methyl sites for hydroxylation is 2. The number of aliphatic carboxylic acids is 1. The highest BCUT2D eigenvalue weighted by Gasteiger charge is 2.40. The summed E-state index contributed by atoms with van der Waals surface area (Å²) in [7, 11) is -3.93. The van der Waals surface area contributed by atoms with Gasteiger partial charge in [-0.3, -0.25) is 4.79 Å². The molecule has 0 radical (unpaired) electrons. The Hall–Kier alpha value is -1.47. The first-order valence-electron chi connectivity index (χ1n) is 6.26. The zero-order valence-corrected chi connectivity index (χ0v) is 12.1. The number of benzene rings is 1. The van der Waals surface area contributed by atoms with Gasteiger partial charge in [0.25, 0.3) is 0 Å². The molecule has 0 saturated carbocycles. The molecule has 1 fully saturated rings. The van der Waals surface area contributed by atoms with Crippen molar-refractivity contribution in [1.82, 2.24) is 4.31 Å². The Morgan fingerprint density at radius 3 is 2.40 bits per heavy atom. The van der Waals surface area contributed by atoms with E-state index in [1.54, 1.807) is 0 Å². The maximum atomic E-state index is 13.3. The van der Waals surface area contributed by atoms with Crippen molar-refractivity contribution < 1.29 is 22.7 Å². The monoisotopic (exact) mass is 301 g/mol. The largest absolute Gasteiger partial charge is 0.480 e. The minimum atomic E-state index is -3.93. The Balaban J connectivity index is 2.54. The molecule has 0 amide bonds. The van der Waals surface area contributed by atoms with E-state index in [4.69, 9.17) is 5.11 Å². The van der Waals surface area contributed by atoms with Crippen molar-refractivity contribution in [3.8, 4) is 0 Å². The minimum absolute atomic E-state index is 0.00653. The molecule has 0 bridgehead atoms. The maximum absolute atomic E-state index is 13.3. The fourth-order valence-corrected chi connectivity index (χ4v) is 4.76. The average Bonchev–Trinajstić information content (AvgIpc) is 2.75. The molecule has 0 aliphatic carbocycles. The molecule has 1 atom stereocenters. The second kappa shape index (κ2) is 5.14. The first-order chi connectivity index (χ1) is 9.25. The van der Waals surface area contributed by atoms with E-state index in [0.717, 1.165) is 16.4 Å². The van der Waals surface area contributed by atoms with Crippen LogP contribution in [0.15, 0.2) is 17.0 Å². The first kappa shape index (κ1) is 14.9. The lowest BCUT2D eigenvalue weighted by Crippen LogP contribution is -2.40. The third kappa shape index (κ3) is 2.43. The summed E-state index contributed by atoms with van der Waals surface area (Å²) in [6.45, 7) is 3.19. The summed E-state index contributed by atoms with van der Waals surface area (Å²) in [5.41, 5.74) is 0.581. The maximum Gasteiger partial charge on any atom is 0.322 e. The SMILES string of the molecule is Cc1cc(F)cc(C)c1S(=O)(=O)N1CCC[C@H]1C(=O)O. The molecule has 1 aliphatic rings. The number of carboxylic acids is 1. The van der Waals surface area contributed by atoms with E-state index in [1.807, 2.05) is 0 Å². The molecule has 110 valence electrons. The summed E-state index contributed by atoms with van der Waals surface area (Å²) in [5.74, 6) is -1.65. The van der Waals surface area contributed by atoms with Gasteiger partial charge in [-0.25, -0.2) is 12.8 Å². The van der Waals surface area contributed by atoms with Crippen molar-refractivity contribution in [2.45, 2.75) is 37.6 Å². The van der Waals surface area contributed by atoms with Crippen LogP contribution in [0.25, 0.3) is 0 Å². The number of carboxylic acid groups (broad SMARTS) is 1. The second-order valence-electron chi connectivity index (χ2n) is 4.98. The predicted molar refractivity (Wildman–Crippen MR) is 70.4 cm³/mol. The summed E-state index contributed by atoms with van der Waals surface area (Å²) in [6, 6.07) is 1.25. The van der Waals surface area contributed by atoms with Crippen LogP contribution in [-0.2, 0) is 14.8 Å². The summed E-state index contributed by atoms with van der Waals surface area (Å²) in [4.78, 5) is 11.2. The number of rotatable bonds is 3. The van der Waals surface area contributed by atoms with Crippen molar-refractivity contribution >= 4 is 16.0 Å². The number of nitrogens with zero attached hydrogens (tertiary/aromatic N) is 1. The normalized spacial score (nSPS) is 20.2. The average molecular weight is 301 g/mol. The first-order valence-corrected chi connectivity index (χ1v) is 7.70. The zero-order valence-electron chi connectivity index (χ0n) is 11.3. The highest BCUT2D eigenvalue weighted by atomic mass is 32.2. The highest BCUT2D eigenvalue weighted by molar-refractivity contribution is 7.89. The Morgan fingerprint density at radius 2 is 1.90 bits per heavy atom. The molecule has 1 heterocycles. The van der Waals surface area contributed by atoms with E-state index in [1.165, 1.54) is 13.8 Å². The minimum Gasteiger partial charge on any atom is -0.480 e. The Bertz CT molecular complexity index is 633. The van der Waals surface area contributed by atoms with E-state index < -0.39 is 27.9 Å². The van der Waals surface area contributed by atoms with E-state index in [2.05, 4.69) is 0 Å². The molecule has 2 rings (SSSR count). The van der Waals surface area contributed by atoms with Crippen molar-refractivity contribution in [3.05, 3.63) is 29.1 Å². The van der Waals surface area contributed by atoms with Crippen LogP contribution in [0.4, 0.5) is 4.39 Å². The summed E-state index contributed by atoms with van der Waals surface area (Å²) in [6.07, 6.45) is 0.809. The van der Waals surface area contributed by atoms with Gasteiger partial charge in [0.15, 0.2) is 0 Å². The molecular formula is C13H16FNO4S. The summed E-state index contributed by atoms with van der Waals surface area (Å²) >= 11 is 0. The van der Waals surface area contributed by atoms with Gasteiger partial charge in [0.2, 0.25) is 10.0 Å². The van der Waals surface area contributed by atoms with Crippen LogP contribution >= 0.6 is 0 Å². The third-order valence-electron chi connectivity index (χ3n) is 3.48. The molecule has 20 heavy (non-hydrogen) atoms. The summed E-state index contributed by atoms with van der Waals surface area (Å²) in [5, 5.41) is 9.11. The van der Waals surface area contributed by atoms with Crippen LogP contribution in [0.2, 0.25) is 0 Å². The molecule has 5 nitrogen and oxygen atoms in total. The Morgan fingerprint density at radius 1 is 1.35 bits per heavy atom. The van der Waals surface area contributed by atoms with Crippen molar-refractivity contribution in [2.75, 3.05) is 6.54 Å². The lowest BCUT2D eigenvalue weighted by Gasteiger charge is -2.23. The smallest absolute Gasteiger partial charge is 0.322 e. The van der Waals surface area contributed by atoms with Crippen LogP contribution in [0, 0.1) is 19.7 Å². The molecule has 0 spiro atoms. The zero-order chi connectivity index (χ0) is 15.1. The Kier molecular flexibility index (Phi) is 3.84. The van der Waals surface area contributed by atoms with Gasteiger partial charge in [0.05, 0.1) is 4.90 Å². The van der Waals surface area contributed by atoms with Gasteiger partial charge in [0, 0.05) is 6.54 Å². The molecule has 1 aromatic rings. The van der Waals surface area contributed by atoms with E-state index >= 15 is 0 Å².